The summed E-state index contributed by atoms with van der Waals surface area (Å²) in [5, 5.41) is 5.21. The lowest BCUT2D eigenvalue weighted by molar-refractivity contribution is -0.275. The second-order valence-electron chi connectivity index (χ2n) is 6.71. The Morgan fingerprint density at radius 2 is 2.10 bits per heavy atom. The van der Waals surface area contributed by atoms with Crippen molar-refractivity contribution in [3.63, 3.8) is 0 Å². The number of alkyl halides is 3. The van der Waals surface area contributed by atoms with Gasteiger partial charge in [0, 0.05) is 13.3 Å². The molecule has 0 saturated carbocycles. The number of fused-ring (bicyclic) bond motifs is 1. The van der Waals surface area contributed by atoms with Crippen molar-refractivity contribution in [1.29, 1.82) is 0 Å². The number of aromatic nitrogens is 1. The van der Waals surface area contributed by atoms with Gasteiger partial charge in [-0.2, -0.15) is 0 Å². The minimum Gasteiger partial charge on any atom is -0.403 e. The smallest absolute Gasteiger partial charge is 0.403 e. The predicted molar refractivity (Wildman–Crippen MR) is 101 cm³/mol. The van der Waals surface area contributed by atoms with Crippen LogP contribution in [0.2, 0.25) is 0 Å². The highest BCUT2D eigenvalue weighted by Crippen LogP contribution is 2.30. The normalized spacial score (nSPS) is 14.5. The van der Waals surface area contributed by atoms with E-state index in [1.165, 1.54) is 19.4 Å². The van der Waals surface area contributed by atoms with E-state index >= 15 is 0 Å². The van der Waals surface area contributed by atoms with Gasteiger partial charge in [0.05, 0.1) is 18.3 Å². The van der Waals surface area contributed by atoms with Gasteiger partial charge in [0.1, 0.15) is 6.54 Å². The number of hydrogen-bond acceptors (Lipinski definition) is 5. The van der Waals surface area contributed by atoms with E-state index < -0.39 is 35.9 Å². The van der Waals surface area contributed by atoms with Crippen LogP contribution in [0.5, 0.6) is 5.75 Å². The average Bonchev–Trinajstić information content (AvgIpc) is 2.67. The number of nitrogens with one attached hydrogen (secondary N) is 2. The van der Waals surface area contributed by atoms with E-state index in [4.69, 9.17) is 4.74 Å². The highest BCUT2D eigenvalue weighted by Gasteiger charge is 2.33. The summed E-state index contributed by atoms with van der Waals surface area (Å²) >= 11 is 0. The number of nitrogens with zero attached hydrogens (tertiary/aromatic N) is 2. The zero-order chi connectivity index (χ0) is 22.8. The maximum absolute atomic E-state index is 14.1. The van der Waals surface area contributed by atoms with Crippen LogP contribution in [0, 0.1) is 12.7 Å². The first-order valence-corrected chi connectivity index (χ1v) is 8.96. The van der Waals surface area contributed by atoms with Gasteiger partial charge in [0.2, 0.25) is 5.91 Å². The first-order chi connectivity index (χ1) is 14.6. The Morgan fingerprint density at radius 1 is 1.35 bits per heavy atom. The van der Waals surface area contributed by atoms with E-state index in [2.05, 4.69) is 20.4 Å². The second-order valence-corrected chi connectivity index (χ2v) is 6.71. The van der Waals surface area contributed by atoms with Gasteiger partial charge in [-0.3, -0.25) is 9.69 Å². The Kier molecular flexibility index (Phi) is 6.29. The molecule has 1 atom stereocenters. The maximum Gasteiger partial charge on any atom is 0.573 e. The maximum atomic E-state index is 14.1. The highest BCUT2D eigenvalue weighted by molar-refractivity contribution is 6.08. The van der Waals surface area contributed by atoms with Crippen molar-refractivity contribution in [2.75, 3.05) is 30.5 Å². The third-order valence-corrected chi connectivity index (χ3v) is 4.30. The monoisotopic (exact) mass is 442 g/mol. The van der Waals surface area contributed by atoms with Gasteiger partial charge in [-0.15, -0.1) is 13.2 Å². The van der Waals surface area contributed by atoms with Gasteiger partial charge in [-0.25, -0.2) is 14.2 Å². The fraction of sp³-hybridized carbons (Fsp3) is 0.316. The average molecular weight is 442 g/mol. The van der Waals surface area contributed by atoms with Crippen molar-refractivity contribution < 1.29 is 36.6 Å². The molecule has 2 aromatic rings. The molecule has 3 rings (SSSR count). The van der Waals surface area contributed by atoms with Crippen molar-refractivity contribution in [2.24, 2.45) is 0 Å². The fourth-order valence-corrected chi connectivity index (χ4v) is 3.00. The van der Waals surface area contributed by atoms with Crippen molar-refractivity contribution in [3.8, 4) is 5.75 Å². The molecule has 0 spiro atoms. The van der Waals surface area contributed by atoms with E-state index in [1.807, 2.05) is 0 Å². The number of halogens is 4. The van der Waals surface area contributed by atoms with Crippen molar-refractivity contribution in [3.05, 3.63) is 47.4 Å². The molecule has 0 bridgehead atoms. The summed E-state index contributed by atoms with van der Waals surface area (Å²) in [7, 11) is 1.34. The summed E-state index contributed by atoms with van der Waals surface area (Å²) in [4.78, 5) is 30.1. The molecule has 1 aliphatic heterocycles. The van der Waals surface area contributed by atoms with Gasteiger partial charge < -0.3 is 20.1 Å². The van der Waals surface area contributed by atoms with Crippen molar-refractivity contribution in [1.82, 2.24) is 10.3 Å². The molecule has 0 fully saturated rings. The summed E-state index contributed by atoms with van der Waals surface area (Å²) < 4.78 is 59.8. The van der Waals surface area contributed by atoms with Gasteiger partial charge in [-0.1, -0.05) is 6.07 Å². The number of carbonyl (C=O) groups excluding carboxylic acids is 2. The van der Waals surface area contributed by atoms with Crippen molar-refractivity contribution >= 4 is 23.4 Å². The van der Waals surface area contributed by atoms with Crippen LogP contribution >= 0.6 is 0 Å². The van der Waals surface area contributed by atoms with Crippen LogP contribution < -0.4 is 20.3 Å². The Hall–Kier alpha value is -3.41. The molecule has 0 radical (unpaired) electrons. The Morgan fingerprint density at radius 3 is 2.74 bits per heavy atom. The Bertz CT molecular complexity index is 999. The van der Waals surface area contributed by atoms with Crippen LogP contribution in [0.3, 0.4) is 0 Å². The lowest BCUT2D eigenvalue weighted by Crippen LogP contribution is -2.49. The largest absolute Gasteiger partial charge is 0.573 e. The summed E-state index contributed by atoms with van der Waals surface area (Å²) in [6.07, 6.45) is -3.52. The fourth-order valence-electron chi connectivity index (χ4n) is 3.00. The Labute approximate surface area is 174 Å². The highest BCUT2D eigenvalue weighted by atomic mass is 19.4. The van der Waals surface area contributed by atoms with Crippen LogP contribution in [0.25, 0.3) is 0 Å². The van der Waals surface area contributed by atoms with Gasteiger partial charge in [-0.05, 0) is 36.2 Å². The molecule has 3 amide bonds. The quantitative estimate of drug-likeness (QED) is 0.694. The number of rotatable bonds is 5. The van der Waals surface area contributed by atoms with E-state index in [0.29, 0.717) is 5.69 Å². The first kappa shape index (κ1) is 22.3. The van der Waals surface area contributed by atoms with Gasteiger partial charge >= 0.3 is 12.4 Å². The number of hydrogen-bond donors (Lipinski definition) is 2. The van der Waals surface area contributed by atoms with E-state index in [0.717, 1.165) is 22.6 Å². The summed E-state index contributed by atoms with van der Waals surface area (Å²) in [5.41, 5.74) is 1.27. The molecule has 2 N–H and O–H groups in total. The lowest BCUT2D eigenvalue weighted by Gasteiger charge is -2.30. The number of methoxy groups -OCH3 is 1. The lowest BCUT2D eigenvalue weighted by atomic mass is 10.1. The molecule has 0 unspecified atom stereocenters. The zero-order valence-electron chi connectivity index (χ0n) is 16.4. The number of pyridine rings is 1. The van der Waals surface area contributed by atoms with E-state index in [1.54, 1.807) is 13.0 Å². The third-order valence-electron chi connectivity index (χ3n) is 4.30. The van der Waals surface area contributed by atoms with Crippen LogP contribution in [0.4, 0.5) is 33.9 Å². The molecule has 1 aromatic heterocycles. The summed E-state index contributed by atoms with van der Waals surface area (Å²) in [5.74, 6) is -2.47. The number of urea groups is 1. The number of carbonyl (C=O) groups is 2. The molecule has 8 nitrogen and oxygen atoms in total. The summed E-state index contributed by atoms with van der Waals surface area (Å²) in [6.45, 7) is 1.36. The van der Waals surface area contributed by atoms with Crippen LogP contribution in [-0.2, 0) is 9.53 Å². The molecule has 2 heterocycles. The first-order valence-electron chi connectivity index (χ1n) is 8.96. The minimum atomic E-state index is -5.05. The molecule has 0 aliphatic carbocycles. The molecule has 1 aromatic carbocycles. The minimum absolute atomic E-state index is 0.112. The molecule has 31 heavy (non-hydrogen) atoms. The van der Waals surface area contributed by atoms with Crippen LogP contribution in [-0.4, -0.2) is 43.5 Å². The topological polar surface area (TPSA) is 92.8 Å². The van der Waals surface area contributed by atoms with Gasteiger partial charge in [0.25, 0.3) is 0 Å². The molecule has 12 heteroatoms. The van der Waals surface area contributed by atoms with E-state index in [9.17, 15) is 27.2 Å². The van der Waals surface area contributed by atoms with Crippen molar-refractivity contribution in [2.45, 2.75) is 19.3 Å². The number of ether oxygens (including phenoxy) is 2. The molecule has 166 valence electrons. The summed E-state index contributed by atoms with van der Waals surface area (Å²) in [6, 6.07) is 2.80. The van der Waals surface area contributed by atoms with Crippen LogP contribution in [0.15, 0.2) is 30.5 Å². The SMILES string of the molecule is COC[C@@H](NC(=O)N1CC(=O)Nc2cc(C)cnc21)c1ccc(OC(F)(F)F)c(F)c1. The standard InChI is InChI=1S/C19H18F4N4O4/c1-10-5-13-17(24-7-10)27(8-16(28)25-13)18(29)26-14(9-30-2)11-3-4-15(12(20)6-11)31-19(21,22)23/h3-7,14H,8-9H2,1-2H3,(H,25,28)(H,26,29)/t14-/m1/s1. The Balaban J connectivity index is 1.83. The number of aryl methyl sites for hydroxylation is 1. The molecular formula is C19H18F4N4O4. The zero-order valence-corrected chi connectivity index (χ0v) is 16.4. The van der Waals surface area contributed by atoms with Gasteiger partial charge in [0.15, 0.2) is 17.4 Å². The molecule has 0 saturated heterocycles. The van der Waals surface area contributed by atoms with Crippen LogP contribution in [0.1, 0.15) is 17.2 Å². The molecular weight excluding hydrogens is 424 g/mol. The number of anilines is 2. The third kappa shape index (κ3) is 5.40. The molecule has 1 aliphatic rings. The number of amides is 3. The number of benzene rings is 1. The van der Waals surface area contributed by atoms with E-state index in [-0.39, 0.29) is 24.5 Å². The predicted octanol–water partition coefficient (Wildman–Crippen LogP) is 3.28. The second kappa shape index (κ2) is 8.76.